The van der Waals surface area contributed by atoms with Crippen LogP contribution >= 0.6 is 0 Å². The summed E-state index contributed by atoms with van der Waals surface area (Å²) in [5.41, 5.74) is 6.70. The number of hydrogen-bond donors (Lipinski definition) is 1. The molecule has 2 fully saturated rings. The van der Waals surface area contributed by atoms with Gasteiger partial charge in [0.1, 0.15) is 0 Å². The van der Waals surface area contributed by atoms with Gasteiger partial charge in [0, 0.05) is 25.2 Å². The Balaban J connectivity index is 2.01. The molecular formula is C15H31N3. The molecule has 2 aliphatic rings. The van der Waals surface area contributed by atoms with Crippen molar-refractivity contribution in [1.82, 2.24) is 9.80 Å². The standard InChI is InChI=1S/C15H31N3/c1-4-13-11-17(3)9-6-10-18(13)12-15(2)8-5-7-14(15)16/h13-14H,4-12,16H2,1-3H3. The summed E-state index contributed by atoms with van der Waals surface area (Å²) >= 11 is 0. The number of nitrogens with zero attached hydrogens (tertiary/aromatic N) is 2. The molecular weight excluding hydrogens is 222 g/mol. The predicted octanol–water partition coefficient (Wildman–Crippen LogP) is 1.92. The van der Waals surface area contributed by atoms with Crippen molar-refractivity contribution < 1.29 is 0 Å². The summed E-state index contributed by atoms with van der Waals surface area (Å²) in [5, 5.41) is 0. The zero-order valence-electron chi connectivity index (χ0n) is 12.5. The van der Waals surface area contributed by atoms with Crippen LogP contribution in [-0.4, -0.2) is 55.1 Å². The lowest BCUT2D eigenvalue weighted by molar-refractivity contribution is 0.108. The molecule has 1 aliphatic heterocycles. The minimum atomic E-state index is 0.357. The summed E-state index contributed by atoms with van der Waals surface area (Å²) < 4.78 is 0. The van der Waals surface area contributed by atoms with Crippen LogP contribution in [0.3, 0.4) is 0 Å². The highest BCUT2D eigenvalue weighted by Gasteiger charge is 2.39. The molecule has 1 saturated carbocycles. The van der Waals surface area contributed by atoms with Gasteiger partial charge in [0.15, 0.2) is 0 Å². The molecule has 3 heteroatoms. The third kappa shape index (κ3) is 3.06. The number of nitrogens with two attached hydrogens (primary N) is 1. The normalized spacial score (nSPS) is 40.0. The molecule has 0 spiro atoms. The molecule has 1 saturated heterocycles. The molecule has 3 nitrogen and oxygen atoms in total. The van der Waals surface area contributed by atoms with Crippen molar-refractivity contribution >= 4 is 0 Å². The van der Waals surface area contributed by atoms with Crippen molar-refractivity contribution in [2.45, 2.75) is 58.0 Å². The van der Waals surface area contributed by atoms with E-state index in [1.165, 1.54) is 58.3 Å². The first-order valence-electron chi connectivity index (χ1n) is 7.73. The maximum absolute atomic E-state index is 6.35. The van der Waals surface area contributed by atoms with Gasteiger partial charge in [-0.15, -0.1) is 0 Å². The number of hydrogen-bond acceptors (Lipinski definition) is 3. The molecule has 0 radical (unpaired) electrons. The molecule has 2 N–H and O–H groups in total. The second kappa shape index (κ2) is 5.89. The quantitative estimate of drug-likeness (QED) is 0.834. The van der Waals surface area contributed by atoms with Crippen LogP contribution in [-0.2, 0) is 0 Å². The van der Waals surface area contributed by atoms with E-state index in [-0.39, 0.29) is 0 Å². The van der Waals surface area contributed by atoms with Gasteiger partial charge >= 0.3 is 0 Å². The Morgan fingerprint density at radius 1 is 1.28 bits per heavy atom. The second-order valence-corrected chi connectivity index (χ2v) is 6.80. The Morgan fingerprint density at radius 2 is 2.06 bits per heavy atom. The van der Waals surface area contributed by atoms with Gasteiger partial charge in [-0.1, -0.05) is 20.3 Å². The first kappa shape index (κ1) is 14.3. The van der Waals surface area contributed by atoms with Crippen molar-refractivity contribution in [2.75, 3.05) is 33.2 Å². The monoisotopic (exact) mass is 253 g/mol. The minimum absolute atomic E-state index is 0.357. The first-order chi connectivity index (χ1) is 8.55. The molecule has 106 valence electrons. The second-order valence-electron chi connectivity index (χ2n) is 6.80. The molecule has 3 unspecified atom stereocenters. The summed E-state index contributed by atoms with van der Waals surface area (Å²) in [6, 6.07) is 1.14. The van der Waals surface area contributed by atoms with Crippen molar-refractivity contribution in [3.05, 3.63) is 0 Å². The first-order valence-corrected chi connectivity index (χ1v) is 7.73. The van der Waals surface area contributed by atoms with Crippen LogP contribution in [0.2, 0.25) is 0 Å². The van der Waals surface area contributed by atoms with E-state index in [1.54, 1.807) is 0 Å². The zero-order chi connectivity index (χ0) is 13.2. The van der Waals surface area contributed by atoms with Gasteiger partial charge in [-0.3, -0.25) is 4.90 Å². The largest absolute Gasteiger partial charge is 0.327 e. The number of likely N-dealkylation sites (N-methyl/N-ethyl adjacent to an activating group) is 1. The average molecular weight is 253 g/mol. The molecule has 0 amide bonds. The van der Waals surface area contributed by atoms with Crippen LogP contribution in [0.5, 0.6) is 0 Å². The Hall–Kier alpha value is -0.120. The van der Waals surface area contributed by atoms with Crippen LogP contribution in [0, 0.1) is 5.41 Å². The summed E-state index contributed by atoms with van der Waals surface area (Å²) in [7, 11) is 2.26. The maximum atomic E-state index is 6.35. The molecule has 18 heavy (non-hydrogen) atoms. The Bertz CT molecular complexity index is 268. The fourth-order valence-electron chi connectivity index (χ4n) is 3.81. The van der Waals surface area contributed by atoms with Crippen LogP contribution in [0.25, 0.3) is 0 Å². The van der Waals surface area contributed by atoms with E-state index in [9.17, 15) is 0 Å². The fourth-order valence-corrected chi connectivity index (χ4v) is 3.81. The van der Waals surface area contributed by atoms with E-state index in [1.807, 2.05) is 0 Å². The minimum Gasteiger partial charge on any atom is -0.327 e. The van der Waals surface area contributed by atoms with E-state index in [2.05, 4.69) is 30.7 Å². The summed E-state index contributed by atoms with van der Waals surface area (Å²) in [6.45, 7) is 9.67. The number of rotatable bonds is 3. The van der Waals surface area contributed by atoms with Crippen LogP contribution in [0.1, 0.15) is 46.0 Å². The summed E-state index contributed by atoms with van der Waals surface area (Å²) in [5.74, 6) is 0. The van der Waals surface area contributed by atoms with Crippen LogP contribution < -0.4 is 5.73 Å². The van der Waals surface area contributed by atoms with E-state index in [0.717, 1.165) is 6.04 Å². The molecule has 1 heterocycles. The van der Waals surface area contributed by atoms with Crippen molar-refractivity contribution in [3.8, 4) is 0 Å². The Kier molecular flexibility index (Phi) is 4.68. The van der Waals surface area contributed by atoms with Gasteiger partial charge in [0.05, 0.1) is 0 Å². The van der Waals surface area contributed by atoms with Crippen molar-refractivity contribution in [1.29, 1.82) is 0 Å². The molecule has 0 aromatic rings. The SMILES string of the molecule is CCC1CN(C)CCCN1CC1(C)CCCC1N. The lowest BCUT2D eigenvalue weighted by Gasteiger charge is -2.39. The highest BCUT2D eigenvalue weighted by atomic mass is 15.2. The summed E-state index contributed by atoms with van der Waals surface area (Å²) in [6.07, 6.45) is 6.42. The average Bonchev–Trinajstić information content (AvgIpc) is 2.55. The van der Waals surface area contributed by atoms with Crippen LogP contribution in [0.4, 0.5) is 0 Å². The molecule has 0 aromatic heterocycles. The van der Waals surface area contributed by atoms with Gasteiger partial charge in [-0.2, -0.15) is 0 Å². The van der Waals surface area contributed by atoms with E-state index < -0.39 is 0 Å². The highest BCUT2D eigenvalue weighted by Crippen LogP contribution is 2.38. The van der Waals surface area contributed by atoms with Gasteiger partial charge in [0.2, 0.25) is 0 Å². The van der Waals surface area contributed by atoms with Gasteiger partial charge < -0.3 is 10.6 Å². The van der Waals surface area contributed by atoms with E-state index in [4.69, 9.17) is 5.73 Å². The van der Waals surface area contributed by atoms with Gasteiger partial charge in [-0.25, -0.2) is 0 Å². The Labute approximate surface area is 113 Å². The molecule has 1 aliphatic carbocycles. The third-order valence-corrected chi connectivity index (χ3v) is 5.22. The lowest BCUT2D eigenvalue weighted by atomic mass is 9.84. The topological polar surface area (TPSA) is 32.5 Å². The highest BCUT2D eigenvalue weighted by molar-refractivity contribution is 4.95. The summed E-state index contributed by atoms with van der Waals surface area (Å²) in [4.78, 5) is 5.22. The smallest absolute Gasteiger partial charge is 0.0220 e. The third-order valence-electron chi connectivity index (χ3n) is 5.22. The van der Waals surface area contributed by atoms with Crippen molar-refractivity contribution in [3.63, 3.8) is 0 Å². The molecule has 3 atom stereocenters. The fraction of sp³-hybridized carbons (Fsp3) is 1.00. The van der Waals surface area contributed by atoms with Crippen molar-refractivity contribution in [2.24, 2.45) is 11.1 Å². The predicted molar refractivity (Wildman–Crippen MR) is 77.7 cm³/mol. The molecule has 0 bridgehead atoms. The van der Waals surface area contributed by atoms with Gasteiger partial charge in [0.25, 0.3) is 0 Å². The van der Waals surface area contributed by atoms with E-state index >= 15 is 0 Å². The lowest BCUT2D eigenvalue weighted by Crippen LogP contribution is -2.49. The maximum Gasteiger partial charge on any atom is 0.0220 e. The Morgan fingerprint density at radius 3 is 2.67 bits per heavy atom. The molecule has 0 aromatic carbocycles. The van der Waals surface area contributed by atoms with E-state index in [0.29, 0.717) is 11.5 Å². The molecule has 2 rings (SSSR count). The van der Waals surface area contributed by atoms with Gasteiger partial charge in [-0.05, 0) is 51.2 Å². The zero-order valence-corrected chi connectivity index (χ0v) is 12.5. The van der Waals surface area contributed by atoms with Crippen LogP contribution in [0.15, 0.2) is 0 Å².